The average Bonchev–Trinajstić information content (AvgIpc) is 2.90. The number of allylic oxidation sites excluding steroid dienone is 1. The molecular weight excluding hydrogens is 301 g/mol. The van der Waals surface area contributed by atoms with E-state index in [0.717, 1.165) is 29.8 Å². The van der Waals surface area contributed by atoms with Gasteiger partial charge in [0.25, 0.3) is 0 Å². The third kappa shape index (κ3) is 2.80. The Kier molecular flexibility index (Phi) is 3.91. The minimum Gasteiger partial charge on any atom is -0.271 e. The number of nitrogens with zero attached hydrogens (tertiary/aromatic N) is 2. The maximum atomic E-state index is 6.07. The van der Waals surface area contributed by atoms with Crippen LogP contribution in [0.1, 0.15) is 23.4 Å². The number of aryl methyl sites for hydroxylation is 1. The summed E-state index contributed by atoms with van der Waals surface area (Å²) in [5.74, 6) is 0. The van der Waals surface area contributed by atoms with Crippen LogP contribution < -0.4 is 5.48 Å². The topological polar surface area (TPSA) is 60.2 Å². The highest BCUT2D eigenvalue weighted by atomic mass is 35.5. The van der Waals surface area contributed by atoms with Crippen molar-refractivity contribution in [3.8, 4) is 0 Å². The van der Waals surface area contributed by atoms with Gasteiger partial charge >= 0.3 is 0 Å². The van der Waals surface area contributed by atoms with E-state index in [1.54, 1.807) is 12.1 Å². The number of benzene rings is 1. The van der Waals surface area contributed by atoms with E-state index in [1.807, 2.05) is 12.1 Å². The molecule has 7 heteroatoms. The van der Waals surface area contributed by atoms with Crippen LogP contribution in [0.25, 0.3) is 5.70 Å². The lowest BCUT2D eigenvalue weighted by molar-refractivity contribution is 0.0640. The fourth-order valence-corrected chi connectivity index (χ4v) is 2.41. The largest absolute Gasteiger partial charge is 0.271 e. The fraction of sp³-hybridized carbons (Fsp3) is 0.231. The third-order valence-electron chi connectivity index (χ3n) is 2.97. The van der Waals surface area contributed by atoms with Gasteiger partial charge in [-0.2, -0.15) is 0 Å². The summed E-state index contributed by atoms with van der Waals surface area (Å²) in [6.45, 7) is 0.313. The van der Waals surface area contributed by atoms with Crippen LogP contribution in [0.5, 0.6) is 0 Å². The van der Waals surface area contributed by atoms with Gasteiger partial charge in [0, 0.05) is 10.0 Å². The van der Waals surface area contributed by atoms with Gasteiger partial charge in [0.1, 0.15) is 12.3 Å². The lowest BCUT2D eigenvalue weighted by Gasteiger charge is -2.13. The smallest absolute Gasteiger partial charge is 0.156 e. The van der Waals surface area contributed by atoms with Crippen molar-refractivity contribution in [3.05, 3.63) is 51.3 Å². The Balaban J connectivity index is 1.62. The molecule has 20 heavy (non-hydrogen) atoms. The summed E-state index contributed by atoms with van der Waals surface area (Å²) in [6, 6.07) is 5.28. The molecule has 0 bridgehead atoms. The van der Waals surface area contributed by atoms with Crippen LogP contribution >= 0.6 is 23.2 Å². The molecule has 0 fully saturated rings. The van der Waals surface area contributed by atoms with E-state index in [0.29, 0.717) is 22.3 Å². The molecule has 0 radical (unpaired) electrons. The molecule has 1 N–H and O–H groups in total. The summed E-state index contributed by atoms with van der Waals surface area (Å²) in [5, 5.41) is 8.86. The molecule has 0 amide bonds. The summed E-state index contributed by atoms with van der Waals surface area (Å²) >= 11 is 11.9. The van der Waals surface area contributed by atoms with Crippen molar-refractivity contribution in [2.75, 3.05) is 0 Å². The van der Waals surface area contributed by atoms with Gasteiger partial charge in [0.15, 0.2) is 5.69 Å². The van der Waals surface area contributed by atoms with Crippen LogP contribution in [0, 0.1) is 0 Å². The Morgan fingerprint density at radius 1 is 1.30 bits per heavy atom. The van der Waals surface area contributed by atoms with E-state index >= 15 is 0 Å². The quantitative estimate of drug-likeness (QED) is 0.877. The van der Waals surface area contributed by atoms with Gasteiger partial charge < -0.3 is 0 Å². The lowest BCUT2D eigenvalue weighted by Crippen LogP contribution is -2.16. The normalized spacial score (nSPS) is 13.8. The van der Waals surface area contributed by atoms with Gasteiger partial charge in [0.05, 0.1) is 5.70 Å². The van der Waals surface area contributed by atoms with E-state index in [9.17, 15) is 0 Å². The fourth-order valence-electron chi connectivity index (χ4n) is 1.95. The van der Waals surface area contributed by atoms with E-state index in [1.165, 1.54) is 0 Å². The van der Waals surface area contributed by atoms with Gasteiger partial charge in [-0.05, 0) is 35.7 Å². The predicted octanol–water partition coefficient (Wildman–Crippen LogP) is 3.38. The van der Waals surface area contributed by atoms with Gasteiger partial charge in [-0.15, -0.1) is 0 Å². The minimum atomic E-state index is 0.313. The average molecular weight is 312 g/mol. The number of aromatic nitrogens is 2. The van der Waals surface area contributed by atoms with Gasteiger partial charge in [0.2, 0.25) is 0 Å². The second-order valence-electron chi connectivity index (χ2n) is 4.34. The molecule has 0 aliphatic heterocycles. The number of halogens is 2. The Morgan fingerprint density at radius 3 is 3.05 bits per heavy atom. The molecule has 2 aromatic rings. The maximum Gasteiger partial charge on any atom is 0.156 e. The standard InChI is InChI=1S/C13H11Cl2N3O2/c14-9-5-4-8(10(15)6-9)7-19-16-11-2-1-3-12-13(11)18-20-17-12/h2,4-6,16H,1,3,7H2. The monoisotopic (exact) mass is 311 g/mol. The Labute approximate surface area is 125 Å². The summed E-state index contributed by atoms with van der Waals surface area (Å²) < 4.78 is 4.72. The Morgan fingerprint density at radius 2 is 2.20 bits per heavy atom. The number of hydroxylamine groups is 1. The number of hydrogen-bond acceptors (Lipinski definition) is 5. The summed E-state index contributed by atoms with van der Waals surface area (Å²) in [5.41, 5.74) is 6.00. The lowest BCUT2D eigenvalue weighted by atomic mass is 10.1. The Bertz CT molecular complexity index is 655. The zero-order valence-corrected chi connectivity index (χ0v) is 11.9. The zero-order valence-electron chi connectivity index (χ0n) is 10.4. The first-order valence-corrected chi connectivity index (χ1v) is 6.83. The van der Waals surface area contributed by atoms with E-state index < -0.39 is 0 Å². The highest BCUT2D eigenvalue weighted by Gasteiger charge is 2.18. The highest BCUT2D eigenvalue weighted by molar-refractivity contribution is 6.35. The zero-order chi connectivity index (χ0) is 13.9. The van der Waals surface area contributed by atoms with Crippen molar-refractivity contribution in [2.24, 2.45) is 0 Å². The second kappa shape index (κ2) is 5.83. The van der Waals surface area contributed by atoms with Crippen molar-refractivity contribution >= 4 is 28.9 Å². The third-order valence-corrected chi connectivity index (χ3v) is 3.55. The van der Waals surface area contributed by atoms with Gasteiger partial charge in [-0.25, -0.2) is 4.63 Å². The van der Waals surface area contributed by atoms with Crippen LogP contribution in [0.15, 0.2) is 28.9 Å². The molecule has 3 rings (SSSR count). The molecule has 0 atom stereocenters. The van der Waals surface area contributed by atoms with Crippen LogP contribution in [-0.2, 0) is 17.9 Å². The molecule has 1 aromatic heterocycles. The van der Waals surface area contributed by atoms with Crippen molar-refractivity contribution < 1.29 is 9.47 Å². The molecular formula is C13H11Cl2N3O2. The Hall–Kier alpha value is -1.56. The van der Waals surface area contributed by atoms with Crippen molar-refractivity contribution in [2.45, 2.75) is 19.4 Å². The van der Waals surface area contributed by atoms with Crippen LogP contribution in [0.4, 0.5) is 0 Å². The molecule has 0 saturated heterocycles. The van der Waals surface area contributed by atoms with E-state index in [2.05, 4.69) is 15.8 Å². The SMILES string of the molecule is Clc1ccc(CONC2=CCCc3nonc32)c(Cl)c1. The van der Waals surface area contributed by atoms with Gasteiger partial charge in [-0.3, -0.25) is 10.3 Å². The summed E-state index contributed by atoms with van der Waals surface area (Å²) in [4.78, 5) is 5.45. The molecule has 0 spiro atoms. The molecule has 0 saturated carbocycles. The number of rotatable bonds is 4. The molecule has 5 nitrogen and oxygen atoms in total. The van der Waals surface area contributed by atoms with E-state index in [4.69, 9.17) is 32.7 Å². The van der Waals surface area contributed by atoms with Gasteiger partial charge in [-0.1, -0.05) is 40.5 Å². The van der Waals surface area contributed by atoms with Crippen LogP contribution in [0.3, 0.4) is 0 Å². The minimum absolute atomic E-state index is 0.313. The molecule has 1 heterocycles. The molecule has 1 aliphatic carbocycles. The number of nitrogens with one attached hydrogen (secondary N) is 1. The number of fused-ring (bicyclic) bond motifs is 1. The first-order chi connectivity index (χ1) is 9.74. The van der Waals surface area contributed by atoms with Crippen LogP contribution in [-0.4, -0.2) is 10.3 Å². The first kappa shape index (κ1) is 13.4. The van der Waals surface area contributed by atoms with Crippen molar-refractivity contribution in [1.29, 1.82) is 0 Å². The van der Waals surface area contributed by atoms with E-state index in [-0.39, 0.29) is 0 Å². The van der Waals surface area contributed by atoms with Crippen molar-refractivity contribution in [3.63, 3.8) is 0 Å². The molecule has 104 valence electrons. The highest BCUT2D eigenvalue weighted by Crippen LogP contribution is 2.23. The van der Waals surface area contributed by atoms with Crippen LogP contribution in [0.2, 0.25) is 10.0 Å². The first-order valence-electron chi connectivity index (χ1n) is 6.08. The predicted molar refractivity (Wildman–Crippen MR) is 75.0 cm³/mol. The molecule has 1 aliphatic rings. The second-order valence-corrected chi connectivity index (χ2v) is 5.19. The summed E-state index contributed by atoms with van der Waals surface area (Å²) in [7, 11) is 0. The molecule has 1 aromatic carbocycles. The van der Waals surface area contributed by atoms with Crippen molar-refractivity contribution in [1.82, 2.24) is 15.8 Å². The maximum absolute atomic E-state index is 6.07. The summed E-state index contributed by atoms with van der Waals surface area (Å²) in [6.07, 6.45) is 3.69. The molecule has 0 unspecified atom stereocenters. The number of hydrogen-bond donors (Lipinski definition) is 1.